The molecule has 0 saturated carbocycles. The predicted molar refractivity (Wildman–Crippen MR) is 75.5 cm³/mol. The number of Topliss-reactive ketones (excluding diaryl/α,β-unsaturated/α-hetero) is 1. The molecule has 0 radical (unpaired) electrons. The van der Waals surface area contributed by atoms with Gasteiger partial charge in [-0.3, -0.25) is 9.59 Å². The van der Waals surface area contributed by atoms with Gasteiger partial charge in [0.05, 0.1) is 0 Å². The first kappa shape index (κ1) is 13.5. The Morgan fingerprint density at radius 1 is 0.842 bits per heavy atom. The van der Waals surface area contributed by atoms with Gasteiger partial charge in [0.15, 0.2) is 5.78 Å². The fourth-order valence-corrected chi connectivity index (χ4v) is 2.12. The van der Waals surface area contributed by atoms with Gasteiger partial charge in [-0.15, -0.1) is 0 Å². The van der Waals surface area contributed by atoms with E-state index in [-0.39, 0.29) is 12.2 Å². The zero-order valence-corrected chi connectivity index (χ0v) is 11.1. The van der Waals surface area contributed by atoms with Crippen LogP contribution in [0, 0.1) is 0 Å². The summed E-state index contributed by atoms with van der Waals surface area (Å²) in [5.41, 5.74) is 2.21. The summed E-state index contributed by atoms with van der Waals surface area (Å²) in [6, 6.07) is 16.6. The Balaban J connectivity index is 2.21. The Kier molecular flexibility index (Phi) is 4.48. The van der Waals surface area contributed by atoms with Crippen LogP contribution in [0.25, 0.3) is 0 Å². The molecule has 0 aliphatic carbocycles. The highest BCUT2D eigenvalue weighted by atomic mass is 35.5. The molecular weight excluding hydrogens is 260 g/mol. The number of benzene rings is 2. The standard InChI is InChI=1S/C16H13ClO2/c17-16(19)11-13-8-4-5-9-14(13)15(18)10-12-6-2-1-3-7-12/h1-9H,10-11H2. The van der Waals surface area contributed by atoms with E-state index in [9.17, 15) is 9.59 Å². The molecule has 0 aliphatic rings. The zero-order chi connectivity index (χ0) is 13.7. The van der Waals surface area contributed by atoms with Gasteiger partial charge in [0.2, 0.25) is 5.24 Å². The van der Waals surface area contributed by atoms with Gasteiger partial charge in [0, 0.05) is 18.4 Å². The molecule has 0 unspecified atom stereocenters. The molecule has 0 N–H and O–H groups in total. The van der Waals surface area contributed by atoms with Crippen LogP contribution in [0.2, 0.25) is 0 Å². The second kappa shape index (κ2) is 6.30. The molecule has 96 valence electrons. The fourth-order valence-electron chi connectivity index (χ4n) is 1.97. The summed E-state index contributed by atoms with van der Waals surface area (Å²) in [5.74, 6) is -0.000262. The number of halogens is 1. The summed E-state index contributed by atoms with van der Waals surface area (Å²) < 4.78 is 0. The molecule has 0 amide bonds. The third-order valence-corrected chi connectivity index (χ3v) is 2.99. The largest absolute Gasteiger partial charge is 0.294 e. The zero-order valence-electron chi connectivity index (χ0n) is 10.3. The van der Waals surface area contributed by atoms with Crippen LogP contribution in [-0.4, -0.2) is 11.0 Å². The van der Waals surface area contributed by atoms with E-state index in [1.165, 1.54) is 0 Å². The average molecular weight is 273 g/mol. The number of ketones is 1. The molecule has 0 aliphatic heterocycles. The Hall–Kier alpha value is -1.93. The van der Waals surface area contributed by atoms with Crippen molar-refractivity contribution < 1.29 is 9.59 Å². The van der Waals surface area contributed by atoms with Gasteiger partial charge in [-0.05, 0) is 22.7 Å². The molecule has 0 atom stereocenters. The van der Waals surface area contributed by atoms with Crippen molar-refractivity contribution in [2.75, 3.05) is 0 Å². The van der Waals surface area contributed by atoms with Crippen molar-refractivity contribution in [2.24, 2.45) is 0 Å². The molecule has 0 heterocycles. The lowest BCUT2D eigenvalue weighted by Crippen LogP contribution is -2.08. The van der Waals surface area contributed by atoms with Crippen molar-refractivity contribution in [3.05, 3.63) is 71.3 Å². The van der Waals surface area contributed by atoms with Crippen LogP contribution < -0.4 is 0 Å². The number of hydrogen-bond acceptors (Lipinski definition) is 2. The maximum absolute atomic E-state index is 12.3. The molecule has 2 aromatic carbocycles. The molecule has 0 fully saturated rings. The van der Waals surface area contributed by atoms with Crippen LogP contribution in [0.1, 0.15) is 21.5 Å². The molecule has 0 spiro atoms. The third kappa shape index (κ3) is 3.76. The minimum atomic E-state index is -0.458. The van der Waals surface area contributed by atoms with Crippen molar-refractivity contribution in [1.29, 1.82) is 0 Å². The summed E-state index contributed by atoms with van der Waals surface area (Å²) >= 11 is 5.40. The van der Waals surface area contributed by atoms with Gasteiger partial charge < -0.3 is 0 Å². The van der Waals surface area contributed by atoms with E-state index in [1.807, 2.05) is 30.3 Å². The van der Waals surface area contributed by atoms with Gasteiger partial charge in [-0.2, -0.15) is 0 Å². The molecule has 2 aromatic rings. The van der Waals surface area contributed by atoms with Gasteiger partial charge >= 0.3 is 0 Å². The van der Waals surface area contributed by atoms with E-state index in [1.54, 1.807) is 24.3 Å². The lowest BCUT2D eigenvalue weighted by atomic mass is 9.97. The first-order chi connectivity index (χ1) is 9.16. The summed E-state index contributed by atoms with van der Waals surface area (Å²) in [6.45, 7) is 0. The molecule has 0 aromatic heterocycles. The van der Waals surface area contributed by atoms with Gasteiger partial charge in [0.1, 0.15) is 0 Å². The third-order valence-electron chi connectivity index (χ3n) is 2.85. The first-order valence-electron chi connectivity index (χ1n) is 6.00. The Morgan fingerprint density at radius 2 is 1.47 bits per heavy atom. The summed E-state index contributed by atoms with van der Waals surface area (Å²) in [5, 5.41) is -0.458. The second-order valence-corrected chi connectivity index (χ2v) is 4.70. The maximum Gasteiger partial charge on any atom is 0.226 e. The molecule has 3 heteroatoms. The molecule has 2 rings (SSSR count). The summed E-state index contributed by atoms with van der Waals surface area (Å²) in [6.07, 6.45) is 0.409. The van der Waals surface area contributed by atoms with E-state index in [4.69, 9.17) is 11.6 Å². The number of rotatable bonds is 5. The van der Waals surface area contributed by atoms with Crippen LogP contribution in [0.3, 0.4) is 0 Å². The van der Waals surface area contributed by atoms with Gasteiger partial charge in [0.25, 0.3) is 0 Å². The minimum Gasteiger partial charge on any atom is -0.294 e. The highest BCUT2D eigenvalue weighted by molar-refractivity contribution is 6.63. The highest BCUT2D eigenvalue weighted by Gasteiger charge is 2.13. The Labute approximate surface area is 117 Å². The van der Waals surface area contributed by atoms with Crippen LogP contribution in [0.4, 0.5) is 0 Å². The molecule has 0 bridgehead atoms. The quantitative estimate of drug-likeness (QED) is 0.617. The van der Waals surface area contributed by atoms with Crippen molar-refractivity contribution in [2.45, 2.75) is 12.8 Å². The summed E-state index contributed by atoms with van der Waals surface area (Å²) in [4.78, 5) is 23.3. The smallest absolute Gasteiger partial charge is 0.226 e. The van der Waals surface area contributed by atoms with Crippen LogP contribution in [-0.2, 0) is 17.6 Å². The Morgan fingerprint density at radius 3 is 2.16 bits per heavy atom. The average Bonchev–Trinajstić information content (AvgIpc) is 2.39. The molecule has 19 heavy (non-hydrogen) atoms. The molecule has 2 nitrogen and oxygen atoms in total. The van der Waals surface area contributed by atoms with Gasteiger partial charge in [-0.25, -0.2) is 0 Å². The Bertz CT molecular complexity index is 591. The molecular formula is C16H13ClO2. The van der Waals surface area contributed by atoms with E-state index in [0.717, 1.165) is 5.56 Å². The number of carbonyl (C=O) groups is 2. The SMILES string of the molecule is O=C(Cl)Cc1ccccc1C(=O)Cc1ccccc1. The lowest BCUT2D eigenvalue weighted by Gasteiger charge is -2.06. The monoisotopic (exact) mass is 272 g/mol. The number of carbonyl (C=O) groups excluding carboxylic acids is 2. The van der Waals surface area contributed by atoms with Crippen LogP contribution in [0.5, 0.6) is 0 Å². The van der Waals surface area contributed by atoms with Gasteiger partial charge in [-0.1, -0.05) is 54.6 Å². The topological polar surface area (TPSA) is 34.1 Å². The maximum atomic E-state index is 12.3. The van der Waals surface area contributed by atoms with Crippen molar-refractivity contribution in [1.82, 2.24) is 0 Å². The lowest BCUT2D eigenvalue weighted by molar-refractivity contribution is -0.111. The normalized spacial score (nSPS) is 10.2. The van der Waals surface area contributed by atoms with Crippen molar-refractivity contribution in [3.8, 4) is 0 Å². The van der Waals surface area contributed by atoms with Crippen molar-refractivity contribution in [3.63, 3.8) is 0 Å². The predicted octanol–water partition coefficient (Wildman–Crippen LogP) is 3.42. The fraction of sp³-hybridized carbons (Fsp3) is 0.125. The highest BCUT2D eigenvalue weighted by Crippen LogP contribution is 2.14. The minimum absolute atomic E-state index is 0.000262. The van der Waals surface area contributed by atoms with E-state index < -0.39 is 5.24 Å². The summed E-state index contributed by atoms with van der Waals surface area (Å²) in [7, 11) is 0. The van der Waals surface area contributed by atoms with E-state index >= 15 is 0 Å². The van der Waals surface area contributed by atoms with Crippen LogP contribution in [0.15, 0.2) is 54.6 Å². The van der Waals surface area contributed by atoms with E-state index in [2.05, 4.69) is 0 Å². The first-order valence-corrected chi connectivity index (χ1v) is 6.38. The van der Waals surface area contributed by atoms with E-state index in [0.29, 0.717) is 17.5 Å². The van der Waals surface area contributed by atoms with Crippen LogP contribution >= 0.6 is 11.6 Å². The second-order valence-electron chi connectivity index (χ2n) is 4.27. The molecule has 0 saturated heterocycles. The van der Waals surface area contributed by atoms with Crippen molar-refractivity contribution >= 4 is 22.6 Å². The number of hydrogen-bond donors (Lipinski definition) is 0.